The van der Waals surface area contributed by atoms with Gasteiger partial charge in [-0.05, 0) is 26.7 Å². The van der Waals surface area contributed by atoms with Crippen LogP contribution in [0.25, 0.3) is 0 Å². The molecule has 0 radical (unpaired) electrons. The van der Waals surface area contributed by atoms with Crippen molar-refractivity contribution in [2.24, 2.45) is 4.99 Å². The molecular formula is C22H44IN5O2S. The normalized spacial score (nSPS) is 25.3. The molecule has 3 fully saturated rings. The zero-order valence-corrected chi connectivity index (χ0v) is 22.7. The Morgan fingerprint density at radius 2 is 1.77 bits per heavy atom. The summed E-state index contributed by atoms with van der Waals surface area (Å²) in [5.41, 5.74) is -0.585. The first-order valence-corrected chi connectivity index (χ1v) is 13.1. The fourth-order valence-electron chi connectivity index (χ4n) is 4.98. The van der Waals surface area contributed by atoms with Gasteiger partial charge in [-0.15, -0.1) is 24.0 Å². The molecule has 1 atom stereocenters. The van der Waals surface area contributed by atoms with Crippen LogP contribution >= 0.6 is 35.7 Å². The molecular weight excluding hydrogens is 525 g/mol. The molecule has 2 saturated heterocycles. The van der Waals surface area contributed by atoms with E-state index in [1.54, 1.807) is 0 Å². The Labute approximate surface area is 210 Å². The Kier molecular flexibility index (Phi) is 12.2. The average molecular weight is 570 g/mol. The van der Waals surface area contributed by atoms with Crippen molar-refractivity contribution in [3.63, 3.8) is 0 Å². The molecule has 3 N–H and O–H groups in total. The van der Waals surface area contributed by atoms with Crippen molar-refractivity contribution in [3.05, 3.63) is 0 Å². The van der Waals surface area contributed by atoms with Crippen molar-refractivity contribution in [2.45, 2.75) is 57.1 Å². The number of hydrogen-bond acceptors (Lipinski definition) is 6. The molecule has 31 heavy (non-hydrogen) atoms. The fourth-order valence-corrected chi connectivity index (χ4v) is 5.89. The molecule has 9 heteroatoms. The van der Waals surface area contributed by atoms with Gasteiger partial charge in [0.2, 0.25) is 0 Å². The number of halogens is 1. The number of ether oxygens (including phenoxy) is 1. The number of β-amino-alcohol motifs (C(OH)–C–C–N with tert-alkyl or cyclic N) is 1. The molecule has 0 aromatic heterocycles. The molecule has 0 amide bonds. The smallest absolute Gasteiger partial charge is 0.191 e. The van der Waals surface area contributed by atoms with E-state index in [1.165, 1.54) is 56.7 Å². The Morgan fingerprint density at radius 1 is 1.10 bits per heavy atom. The third-order valence-corrected chi connectivity index (χ3v) is 7.58. The number of guanidine groups is 1. The molecule has 2 aliphatic heterocycles. The SMILES string of the molecule is CCNC(=NCC(C)(O)CN1CCOCC1)NCC1(N2CCSCC2)CCCCC1.I. The topological polar surface area (TPSA) is 72.4 Å². The average Bonchev–Trinajstić information content (AvgIpc) is 2.77. The number of morpholine rings is 1. The molecule has 0 aromatic carbocycles. The third-order valence-electron chi connectivity index (χ3n) is 6.64. The summed E-state index contributed by atoms with van der Waals surface area (Å²) in [7, 11) is 0. The van der Waals surface area contributed by atoms with Gasteiger partial charge in [0.1, 0.15) is 0 Å². The number of rotatable bonds is 8. The second-order valence-corrected chi connectivity index (χ2v) is 10.5. The van der Waals surface area contributed by atoms with Gasteiger partial charge in [0, 0.05) is 62.9 Å². The van der Waals surface area contributed by atoms with Gasteiger partial charge >= 0.3 is 0 Å². The lowest BCUT2D eigenvalue weighted by atomic mass is 9.80. The van der Waals surface area contributed by atoms with Crippen molar-refractivity contribution < 1.29 is 9.84 Å². The molecule has 3 aliphatic rings. The third kappa shape index (κ3) is 8.81. The maximum Gasteiger partial charge on any atom is 0.191 e. The van der Waals surface area contributed by atoms with Crippen LogP contribution in [0.3, 0.4) is 0 Å². The van der Waals surface area contributed by atoms with Crippen LogP contribution in [0.5, 0.6) is 0 Å². The van der Waals surface area contributed by atoms with Crippen LogP contribution in [0.1, 0.15) is 46.0 Å². The van der Waals surface area contributed by atoms with E-state index in [-0.39, 0.29) is 29.5 Å². The predicted octanol–water partition coefficient (Wildman–Crippen LogP) is 1.99. The van der Waals surface area contributed by atoms with Gasteiger partial charge in [-0.1, -0.05) is 19.3 Å². The van der Waals surface area contributed by atoms with E-state index >= 15 is 0 Å². The summed E-state index contributed by atoms with van der Waals surface area (Å²) >= 11 is 2.08. The zero-order chi connectivity index (χ0) is 21.3. The molecule has 0 aromatic rings. The summed E-state index contributed by atoms with van der Waals surface area (Å²) in [4.78, 5) is 9.79. The summed E-state index contributed by atoms with van der Waals surface area (Å²) in [6.07, 6.45) is 6.57. The molecule has 1 unspecified atom stereocenters. The molecule has 0 spiro atoms. The first-order valence-electron chi connectivity index (χ1n) is 11.9. The number of nitrogens with one attached hydrogen (secondary N) is 2. The van der Waals surface area contributed by atoms with Gasteiger partial charge < -0.3 is 20.5 Å². The monoisotopic (exact) mass is 569 g/mol. The van der Waals surface area contributed by atoms with Crippen LogP contribution < -0.4 is 10.6 Å². The van der Waals surface area contributed by atoms with E-state index in [4.69, 9.17) is 9.73 Å². The maximum absolute atomic E-state index is 10.9. The van der Waals surface area contributed by atoms with E-state index < -0.39 is 5.60 Å². The maximum atomic E-state index is 10.9. The molecule has 2 heterocycles. The lowest BCUT2D eigenvalue weighted by Gasteiger charge is -2.48. The first-order chi connectivity index (χ1) is 14.5. The molecule has 182 valence electrons. The van der Waals surface area contributed by atoms with Gasteiger partial charge in [-0.2, -0.15) is 11.8 Å². The minimum absolute atomic E-state index is 0. The van der Waals surface area contributed by atoms with Gasteiger partial charge in [-0.25, -0.2) is 0 Å². The second kappa shape index (κ2) is 13.8. The summed E-state index contributed by atoms with van der Waals surface area (Å²) in [5, 5.41) is 17.9. The van der Waals surface area contributed by atoms with Crippen LogP contribution in [-0.2, 0) is 4.74 Å². The van der Waals surface area contributed by atoms with Crippen LogP contribution in [0.15, 0.2) is 4.99 Å². The highest BCUT2D eigenvalue weighted by molar-refractivity contribution is 14.0. The molecule has 3 rings (SSSR count). The van der Waals surface area contributed by atoms with Crippen molar-refractivity contribution >= 4 is 41.7 Å². The van der Waals surface area contributed by atoms with Crippen molar-refractivity contribution in [3.8, 4) is 0 Å². The summed E-state index contributed by atoms with van der Waals surface area (Å²) < 4.78 is 5.42. The van der Waals surface area contributed by atoms with Gasteiger partial charge in [-0.3, -0.25) is 14.8 Å². The van der Waals surface area contributed by atoms with Crippen LogP contribution in [0, 0.1) is 0 Å². The summed E-state index contributed by atoms with van der Waals surface area (Å²) in [6.45, 7) is 12.5. The fraction of sp³-hybridized carbons (Fsp3) is 0.955. The first kappa shape index (κ1) is 27.4. The second-order valence-electron chi connectivity index (χ2n) is 9.32. The Hall–Kier alpha value is 0.190. The summed E-state index contributed by atoms with van der Waals surface area (Å²) in [5.74, 6) is 3.33. The number of thioether (sulfide) groups is 1. The zero-order valence-electron chi connectivity index (χ0n) is 19.5. The Bertz CT molecular complexity index is 534. The molecule has 1 saturated carbocycles. The number of aliphatic hydroxyl groups is 1. The number of hydrogen-bond donors (Lipinski definition) is 3. The van der Waals surface area contributed by atoms with Crippen LogP contribution in [0.4, 0.5) is 0 Å². The van der Waals surface area contributed by atoms with Gasteiger partial charge in [0.05, 0.1) is 25.4 Å². The van der Waals surface area contributed by atoms with Crippen molar-refractivity contribution in [2.75, 3.05) is 77.1 Å². The Balaban J connectivity index is 0.00000341. The van der Waals surface area contributed by atoms with E-state index in [0.29, 0.717) is 13.1 Å². The van der Waals surface area contributed by atoms with Gasteiger partial charge in [0.25, 0.3) is 0 Å². The number of nitrogens with zero attached hydrogens (tertiary/aromatic N) is 3. The van der Waals surface area contributed by atoms with Crippen molar-refractivity contribution in [1.82, 2.24) is 20.4 Å². The largest absolute Gasteiger partial charge is 0.387 e. The van der Waals surface area contributed by atoms with E-state index in [0.717, 1.165) is 45.4 Å². The van der Waals surface area contributed by atoms with Crippen molar-refractivity contribution in [1.29, 1.82) is 0 Å². The minimum Gasteiger partial charge on any atom is -0.387 e. The van der Waals surface area contributed by atoms with E-state index in [1.807, 2.05) is 6.92 Å². The van der Waals surface area contributed by atoms with Gasteiger partial charge in [0.15, 0.2) is 5.96 Å². The summed E-state index contributed by atoms with van der Waals surface area (Å²) in [6, 6.07) is 0. The Morgan fingerprint density at radius 3 is 2.42 bits per heavy atom. The minimum atomic E-state index is -0.841. The van der Waals surface area contributed by atoms with Crippen LogP contribution in [-0.4, -0.2) is 109 Å². The standard InChI is InChI=1S/C22H43N5O2S.HI/c1-3-23-20(24-17-21(2,28)19-26-9-13-29-14-10-26)25-18-22(7-5-4-6-8-22)27-11-15-30-16-12-27;/h28H,3-19H2,1-2H3,(H2,23,24,25);1H. The molecule has 0 bridgehead atoms. The highest BCUT2D eigenvalue weighted by atomic mass is 127. The van der Waals surface area contributed by atoms with E-state index in [2.05, 4.69) is 39.1 Å². The lowest BCUT2D eigenvalue weighted by molar-refractivity contribution is -0.0180. The van der Waals surface area contributed by atoms with Crippen LogP contribution in [0.2, 0.25) is 0 Å². The molecule has 7 nitrogen and oxygen atoms in total. The molecule has 1 aliphatic carbocycles. The number of aliphatic imine (C=N–C) groups is 1. The lowest BCUT2D eigenvalue weighted by Crippen LogP contribution is -2.60. The predicted molar refractivity (Wildman–Crippen MR) is 142 cm³/mol. The highest BCUT2D eigenvalue weighted by Crippen LogP contribution is 2.34. The van der Waals surface area contributed by atoms with E-state index in [9.17, 15) is 5.11 Å². The quantitative estimate of drug-likeness (QED) is 0.235. The highest BCUT2D eigenvalue weighted by Gasteiger charge is 2.38.